The maximum Gasteiger partial charge on any atom is 0.306 e. The summed E-state index contributed by atoms with van der Waals surface area (Å²) in [7, 11) is 3.04. The van der Waals surface area contributed by atoms with E-state index in [1.165, 1.54) is 25.1 Å². The molecule has 4 aliphatic rings. The molecule has 0 spiro atoms. The number of amides is 1. The minimum absolute atomic E-state index is 0.0913. The molecule has 11 heteroatoms. The van der Waals surface area contributed by atoms with Gasteiger partial charge in [0.25, 0.3) is 5.91 Å². The van der Waals surface area contributed by atoms with Crippen LogP contribution in [0.2, 0.25) is 0 Å². The standard InChI is InChI=1S/C29H34N2O9/c1-12-14-9-6-10-15(32)18(14)23(34)19-17(12)25(40-16(33)11-13-7-4-5-8-13)21-22(31(2)3)24(35)20(28(30)38)27(37)29(21,39)26(19)36/h6,9-10,12-13,17,21-22,25,32,35-36,39H,4-5,7-8,11H2,1-3H3,(H2,30,38)/t12-,17+,21+,22-,25-,29-/m1/s1. The number of hydrogen-bond acceptors (Lipinski definition) is 10. The number of phenols is 1. The van der Waals surface area contributed by atoms with Crippen LogP contribution in [0.15, 0.2) is 40.9 Å². The molecule has 0 unspecified atom stereocenters. The lowest BCUT2D eigenvalue weighted by atomic mass is 9.55. The van der Waals surface area contributed by atoms with E-state index in [1.807, 2.05) is 0 Å². The van der Waals surface area contributed by atoms with Crippen LogP contribution in [0.3, 0.4) is 0 Å². The molecular weight excluding hydrogens is 520 g/mol. The number of ether oxygens (including phenoxy) is 1. The van der Waals surface area contributed by atoms with Gasteiger partial charge in [-0.1, -0.05) is 31.9 Å². The van der Waals surface area contributed by atoms with E-state index in [-0.39, 0.29) is 23.7 Å². The highest BCUT2D eigenvalue weighted by atomic mass is 16.5. The third-order valence-electron chi connectivity index (χ3n) is 9.17. The summed E-state index contributed by atoms with van der Waals surface area (Å²) >= 11 is 0. The first-order valence-electron chi connectivity index (χ1n) is 13.5. The summed E-state index contributed by atoms with van der Waals surface area (Å²) in [6.07, 6.45) is 2.40. The van der Waals surface area contributed by atoms with Crippen LogP contribution in [-0.2, 0) is 19.1 Å². The highest BCUT2D eigenvalue weighted by molar-refractivity contribution is 6.25. The van der Waals surface area contributed by atoms with Crippen LogP contribution in [-0.4, -0.2) is 80.6 Å². The molecule has 5 rings (SSSR count). The van der Waals surface area contributed by atoms with E-state index in [2.05, 4.69) is 0 Å². The molecule has 214 valence electrons. The third-order valence-corrected chi connectivity index (χ3v) is 9.17. The van der Waals surface area contributed by atoms with E-state index >= 15 is 0 Å². The molecule has 6 atom stereocenters. The van der Waals surface area contributed by atoms with Crippen molar-refractivity contribution in [3.63, 3.8) is 0 Å². The Morgan fingerprint density at radius 2 is 1.77 bits per heavy atom. The Balaban J connectivity index is 1.76. The first kappa shape index (κ1) is 27.9. The van der Waals surface area contributed by atoms with Crippen molar-refractivity contribution in [1.29, 1.82) is 0 Å². The van der Waals surface area contributed by atoms with Crippen molar-refractivity contribution in [3.05, 3.63) is 52.0 Å². The molecule has 1 aromatic carbocycles. The second kappa shape index (κ2) is 9.74. The van der Waals surface area contributed by atoms with Crippen molar-refractivity contribution in [3.8, 4) is 5.75 Å². The highest BCUT2D eigenvalue weighted by Gasteiger charge is 2.68. The van der Waals surface area contributed by atoms with Crippen LogP contribution in [0, 0.1) is 17.8 Å². The SMILES string of the molecule is C[C@@H]1c2cccc(O)c2C(=O)C2=C(O)[C@@]3(O)C(=O)C(C(N)=O)=C(O)[C@H](N(C)C)[C@H]3[C@H](OC(=O)CC3CCCC3)[C@H]21. The first-order valence-corrected chi connectivity index (χ1v) is 13.5. The molecule has 40 heavy (non-hydrogen) atoms. The van der Waals surface area contributed by atoms with Crippen molar-refractivity contribution >= 4 is 23.4 Å². The number of esters is 1. The minimum Gasteiger partial charge on any atom is -0.510 e. The quantitative estimate of drug-likeness (QED) is 0.265. The van der Waals surface area contributed by atoms with Crippen LogP contribution < -0.4 is 5.73 Å². The van der Waals surface area contributed by atoms with E-state index in [4.69, 9.17) is 10.5 Å². The zero-order chi connectivity index (χ0) is 29.3. The number of hydrogen-bond donors (Lipinski definition) is 5. The van der Waals surface area contributed by atoms with Gasteiger partial charge in [-0.2, -0.15) is 0 Å². The lowest BCUT2D eigenvalue weighted by Crippen LogP contribution is -2.69. The molecule has 1 fully saturated rings. The summed E-state index contributed by atoms with van der Waals surface area (Å²) < 4.78 is 6.05. The number of carbonyl (C=O) groups excluding carboxylic acids is 4. The van der Waals surface area contributed by atoms with Gasteiger partial charge in [0.05, 0.1) is 17.5 Å². The zero-order valence-electron chi connectivity index (χ0n) is 22.6. The monoisotopic (exact) mass is 554 g/mol. The average Bonchev–Trinajstić information content (AvgIpc) is 3.38. The predicted octanol–water partition coefficient (Wildman–Crippen LogP) is 1.78. The van der Waals surface area contributed by atoms with Crippen molar-refractivity contribution in [1.82, 2.24) is 4.90 Å². The van der Waals surface area contributed by atoms with E-state index < -0.39 is 81.6 Å². The van der Waals surface area contributed by atoms with Gasteiger partial charge < -0.3 is 30.9 Å². The Morgan fingerprint density at radius 1 is 1.12 bits per heavy atom. The smallest absolute Gasteiger partial charge is 0.306 e. The van der Waals surface area contributed by atoms with Gasteiger partial charge in [-0.05, 0) is 50.4 Å². The number of Topliss-reactive ketones (excluding diaryl/α,β-unsaturated/α-hetero) is 2. The van der Waals surface area contributed by atoms with Gasteiger partial charge in [0.15, 0.2) is 11.4 Å². The predicted molar refractivity (Wildman–Crippen MR) is 140 cm³/mol. The number of aliphatic hydroxyl groups is 3. The molecule has 4 aliphatic carbocycles. The summed E-state index contributed by atoms with van der Waals surface area (Å²) in [5.74, 6) is -9.34. The summed E-state index contributed by atoms with van der Waals surface area (Å²) in [6.45, 7) is 1.73. The van der Waals surface area contributed by atoms with Crippen LogP contribution in [0.25, 0.3) is 0 Å². The molecule has 0 radical (unpaired) electrons. The van der Waals surface area contributed by atoms with Crippen LogP contribution in [0.4, 0.5) is 0 Å². The fourth-order valence-electron chi connectivity index (χ4n) is 7.34. The van der Waals surface area contributed by atoms with Gasteiger partial charge >= 0.3 is 5.97 Å². The summed E-state index contributed by atoms with van der Waals surface area (Å²) in [5.41, 5.74) is 1.50. The topological polar surface area (TPSA) is 188 Å². The molecule has 1 saturated carbocycles. The maximum atomic E-state index is 13.9. The molecule has 0 heterocycles. The Hall–Kier alpha value is -3.70. The van der Waals surface area contributed by atoms with Gasteiger partial charge in [-0.3, -0.25) is 24.1 Å². The molecule has 0 aromatic heterocycles. The summed E-state index contributed by atoms with van der Waals surface area (Å²) in [4.78, 5) is 54.6. The van der Waals surface area contributed by atoms with Gasteiger partial charge in [0, 0.05) is 17.9 Å². The van der Waals surface area contributed by atoms with Crippen molar-refractivity contribution in [2.75, 3.05) is 14.1 Å². The largest absolute Gasteiger partial charge is 0.510 e. The molecule has 0 bridgehead atoms. The number of ketones is 2. The van der Waals surface area contributed by atoms with E-state index in [0.29, 0.717) is 5.56 Å². The number of benzene rings is 1. The number of nitrogens with two attached hydrogens (primary N) is 1. The minimum atomic E-state index is -2.94. The molecule has 0 aliphatic heterocycles. The van der Waals surface area contributed by atoms with Gasteiger partial charge in [-0.25, -0.2) is 0 Å². The number of carbonyl (C=O) groups is 4. The first-order chi connectivity index (χ1) is 18.8. The number of rotatable bonds is 5. The van der Waals surface area contributed by atoms with Crippen LogP contribution >= 0.6 is 0 Å². The molecule has 11 nitrogen and oxygen atoms in total. The number of phenolic OH excluding ortho intramolecular Hbond substituents is 1. The van der Waals surface area contributed by atoms with E-state index in [0.717, 1.165) is 25.7 Å². The van der Waals surface area contributed by atoms with Crippen molar-refractivity contribution in [2.45, 2.75) is 62.7 Å². The number of aromatic hydroxyl groups is 1. The second-order valence-corrected chi connectivity index (χ2v) is 11.6. The maximum absolute atomic E-state index is 13.9. The summed E-state index contributed by atoms with van der Waals surface area (Å²) in [5, 5.41) is 45.4. The average molecular weight is 555 g/mol. The molecule has 1 aromatic rings. The number of primary amides is 1. The second-order valence-electron chi connectivity index (χ2n) is 11.6. The Kier molecular flexibility index (Phi) is 6.78. The lowest BCUT2D eigenvalue weighted by Gasteiger charge is -2.54. The number of fused-ring (bicyclic) bond motifs is 3. The van der Waals surface area contributed by atoms with Crippen molar-refractivity contribution < 1.29 is 44.3 Å². The highest BCUT2D eigenvalue weighted by Crippen LogP contribution is 2.56. The normalized spacial score (nSPS) is 32.2. The molecular formula is C29H34N2O9. The molecule has 1 amide bonds. The number of likely N-dealkylation sites (N-methyl/N-ethyl adjacent to an activating group) is 1. The van der Waals surface area contributed by atoms with Crippen molar-refractivity contribution in [2.24, 2.45) is 23.5 Å². The third kappa shape index (κ3) is 3.86. The number of aliphatic hydroxyl groups excluding tert-OH is 2. The zero-order valence-corrected chi connectivity index (χ0v) is 22.6. The Bertz CT molecular complexity index is 1370. The Morgan fingerprint density at radius 3 is 2.38 bits per heavy atom. The van der Waals surface area contributed by atoms with E-state index in [1.54, 1.807) is 19.1 Å². The van der Waals surface area contributed by atoms with Gasteiger partial charge in [0.2, 0.25) is 5.78 Å². The Labute approximate surface area is 230 Å². The molecule has 0 saturated heterocycles. The lowest BCUT2D eigenvalue weighted by molar-refractivity contribution is -0.181. The van der Waals surface area contributed by atoms with Gasteiger partial charge in [0.1, 0.15) is 28.9 Å². The fourth-order valence-corrected chi connectivity index (χ4v) is 7.34. The van der Waals surface area contributed by atoms with Gasteiger partial charge in [-0.15, -0.1) is 0 Å². The van der Waals surface area contributed by atoms with Crippen LogP contribution in [0.1, 0.15) is 60.9 Å². The fraction of sp³-hybridized carbons (Fsp3) is 0.517. The van der Waals surface area contributed by atoms with E-state index in [9.17, 15) is 39.6 Å². The number of nitrogens with zero attached hydrogens (tertiary/aromatic N) is 1. The molecule has 6 N–H and O–H groups in total. The summed E-state index contributed by atoms with van der Waals surface area (Å²) in [6, 6.07) is 3.21. The van der Waals surface area contributed by atoms with Crippen LogP contribution in [0.5, 0.6) is 5.75 Å².